The minimum atomic E-state index is -0.255. The Labute approximate surface area is 150 Å². The minimum Gasteiger partial charge on any atom is -0.347 e. The first-order valence-electron chi connectivity index (χ1n) is 8.69. The van der Waals surface area contributed by atoms with E-state index >= 15 is 0 Å². The van der Waals surface area contributed by atoms with Crippen molar-refractivity contribution < 1.29 is 4.79 Å². The van der Waals surface area contributed by atoms with E-state index in [4.69, 9.17) is 0 Å². The molecule has 3 rings (SSSR count). The van der Waals surface area contributed by atoms with Gasteiger partial charge in [0.25, 0.3) is 5.56 Å². The van der Waals surface area contributed by atoms with Crippen LogP contribution < -0.4 is 10.9 Å². The molecule has 0 saturated heterocycles. The molecule has 1 amide bonds. The molecule has 3 heterocycles. The van der Waals surface area contributed by atoms with Crippen molar-refractivity contribution >= 4 is 11.7 Å². The molecule has 0 radical (unpaired) electrons. The molecule has 8 nitrogen and oxygen atoms in total. The van der Waals surface area contributed by atoms with Gasteiger partial charge < -0.3 is 10.3 Å². The van der Waals surface area contributed by atoms with Crippen molar-refractivity contribution in [2.45, 2.75) is 46.1 Å². The van der Waals surface area contributed by atoms with Gasteiger partial charge in [-0.25, -0.2) is 15.0 Å². The van der Waals surface area contributed by atoms with Crippen molar-refractivity contribution in [3.05, 3.63) is 57.8 Å². The fourth-order valence-corrected chi connectivity index (χ4v) is 2.85. The van der Waals surface area contributed by atoms with Gasteiger partial charge in [0.1, 0.15) is 5.82 Å². The summed E-state index contributed by atoms with van der Waals surface area (Å²) < 4.78 is 1.81. The molecule has 8 heteroatoms. The van der Waals surface area contributed by atoms with E-state index in [2.05, 4.69) is 25.3 Å². The number of carbonyl (C=O) groups excluding carboxylic acids is 1. The maximum absolute atomic E-state index is 12.5. The summed E-state index contributed by atoms with van der Waals surface area (Å²) in [5.41, 5.74) is 1.47. The molecule has 26 heavy (non-hydrogen) atoms. The Morgan fingerprint density at radius 1 is 1.35 bits per heavy atom. The van der Waals surface area contributed by atoms with Crippen LogP contribution in [-0.4, -0.2) is 30.2 Å². The van der Waals surface area contributed by atoms with E-state index in [9.17, 15) is 9.59 Å². The molecule has 136 valence electrons. The third kappa shape index (κ3) is 3.63. The van der Waals surface area contributed by atoms with Crippen LogP contribution in [-0.2, 0) is 17.6 Å². The van der Waals surface area contributed by atoms with E-state index in [1.54, 1.807) is 13.1 Å². The van der Waals surface area contributed by atoms with Crippen LogP contribution in [0.25, 0.3) is 5.78 Å². The van der Waals surface area contributed by atoms with Crippen molar-refractivity contribution in [1.29, 1.82) is 0 Å². The molecule has 0 aliphatic carbocycles. The topological polar surface area (TPSA) is 105 Å². The van der Waals surface area contributed by atoms with Gasteiger partial charge in [-0.15, -0.1) is 0 Å². The van der Waals surface area contributed by atoms with Gasteiger partial charge in [0, 0.05) is 36.3 Å². The van der Waals surface area contributed by atoms with Crippen LogP contribution >= 0.6 is 0 Å². The van der Waals surface area contributed by atoms with E-state index in [0.29, 0.717) is 35.7 Å². The van der Waals surface area contributed by atoms with Crippen LogP contribution in [0.3, 0.4) is 0 Å². The number of aromatic nitrogens is 5. The first kappa shape index (κ1) is 17.8. The molecule has 0 fully saturated rings. The second kappa shape index (κ2) is 7.47. The lowest BCUT2D eigenvalue weighted by molar-refractivity contribution is -0.121. The van der Waals surface area contributed by atoms with Crippen molar-refractivity contribution in [3.8, 4) is 0 Å². The molecule has 0 bridgehead atoms. The number of aromatic amines is 1. The standard InChI is InChI=1S/C18H22N6O2/c1-4-13(14-10-24-8-6-7-19-18(24)22-14)21-16(25)9-12-11(3)20-15(5-2)23-17(12)26/h6-8,10,13H,4-5,9H2,1-3H3,(H,21,25)(H,20,23,26)/t13-/m0/s1. The second-order valence-corrected chi connectivity index (χ2v) is 6.13. The van der Waals surface area contributed by atoms with Crippen LogP contribution in [0.4, 0.5) is 0 Å². The van der Waals surface area contributed by atoms with Gasteiger partial charge >= 0.3 is 0 Å². The van der Waals surface area contributed by atoms with E-state index < -0.39 is 0 Å². The number of nitrogens with zero attached hydrogens (tertiary/aromatic N) is 4. The number of rotatable bonds is 6. The van der Waals surface area contributed by atoms with Crippen LogP contribution in [0, 0.1) is 6.92 Å². The average Bonchev–Trinajstić information content (AvgIpc) is 3.06. The van der Waals surface area contributed by atoms with Gasteiger partial charge in [-0.05, 0) is 19.4 Å². The molecule has 3 aromatic heterocycles. The molecule has 0 unspecified atom stereocenters. The van der Waals surface area contributed by atoms with Crippen molar-refractivity contribution in [1.82, 2.24) is 29.7 Å². The highest BCUT2D eigenvalue weighted by atomic mass is 16.2. The number of fused-ring (bicyclic) bond motifs is 1. The number of hydrogen-bond donors (Lipinski definition) is 2. The lowest BCUT2D eigenvalue weighted by atomic mass is 10.1. The van der Waals surface area contributed by atoms with E-state index in [1.807, 2.05) is 36.7 Å². The molecule has 2 N–H and O–H groups in total. The predicted octanol–water partition coefficient (Wildman–Crippen LogP) is 1.49. The number of aryl methyl sites for hydroxylation is 2. The summed E-state index contributed by atoms with van der Waals surface area (Å²) >= 11 is 0. The summed E-state index contributed by atoms with van der Waals surface area (Å²) in [5, 5.41) is 2.95. The molecule has 0 spiro atoms. The fourth-order valence-electron chi connectivity index (χ4n) is 2.85. The number of carbonyl (C=O) groups is 1. The highest BCUT2D eigenvalue weighted by molar-refractivity contribution is 5.79. The van der Waals surface area contributed by atoms with Crippen LogP contribution in [0.1, 0.15) is 49.1 Å². The normalized spacial score (nSPS) is 12.3. The third-order valence-electron chi connectivity index (χ3n) is 4.30. The summed E-state index contributed by atoms with van der Waals surface area (Å²) in [7, 11) is 0. The van der Waals surface area contributed by atoms with E-state index in [-0.39, 0.29) is 23.9 Å². The van der Waals surface area contributed by atoms with E-state index in [0.717, 1.165) is 5.69 Å². The number of hydrogen-bond acceptors (Lipinski definition) is 5. The van der Waals surface area contributed by atoms with Crippen molar-refractivity contribution in [3.63, 3.8) is 0 Å². The smallest absolute Gasteiger partial charge is 0.254 e. The van der Waals surface area contributed by atoms with Crippen LogP contribution in [0.5, 0.6) is 0 Å². The summed E-state index contributed by atoms with van der Waals surface area (Å²) in [4.78, 5) is 40.4. The molecular weight excluding hydrogens is 332 g/mol. The lowest BCUT2D eigenvalue weighted by Gasteiger charge is -2.15. The van der Waals surface area contributed by atoms with Crippen LogP contribution in [0.2, 0.25) is 0 Å². The Kier molecular flexibility index (Phi) is 5.11. The Bertz CT molecular complexity index is 958. The van der Waals surface area contributed by atoms with Gasteiger partial charge in [0.15, 0.2) is 0 Å². The quantitative estimate of drug-likeness (QED) is 0.698. The summed E-state index contributed by atoms with van der Waals surface area (Å²) in [5.74, 6) is 0.976. The van der Waals surface area contributed by atoms with Crippen molar-refractivity contribution in [2.75, 3.05) is 0 Å². The number of imidazole rings is 1. The molecular formula is C18H22N6O2. The molecule has 0 aromatic carbocycles. The zero-order valence-corrected chi connectivity index (χ0v) is 15.1. The van der Waals surface area contributed by atoms with Gasteiger partial charge in [0.2, 0.25) is 11.7 Å². The maximum atomic E-state index is 12.5. The fraction of sp³-hybridized carbons (Fsp3) is 0.389. The van der Waals surface area contributed by atoms with Gasteiger partial charge in [-0.3, -0.25) is 14.0 Å². The molecule has 3 aromatic rings. The van der Waals surface area contributed by atoms with Crippen LogP contribution in [0.15, 0.2) is 29.5 Å². The van der Waals surface area contributed by atoms with Crippen molar-refractivity contribution in [2.24, 2.45) is 0 Å². The SMILES string of the molecule is CCc1nc(C)c(CC(=O)N[C@@H](CC)c2cn3cccnc3n2)c(=O)[nH]1. The Morgan fingerprint density at radius 3 is 2.81 bits per heavy atom. The summed E-state index contributed by atoms with van der Waals surface area (Å²) in [6.45, 7) is 5.64. The highest BCUT2D eigenvalue weighted by Crippen LogP contribution is 2.16. The molecule has 0 aliphatic heterocycles. The first-order valence-corrected chi connectivity index (χ1v) is 8.69. The third-order valence-corrected chi connectivity index (χ3v) is 4.30. The van der Waals surface area contributed by atoms with E-state index in [1.165, 1.54) is 0 Å². The number of amides is 1. The second-order valence-electron chi connectivity index (χ2n) is 6.13. The monoisotopic (exact) mass is 354 g/mol. The Hall–Kier alpha value is -3.03. The Balaban J connectivity index is 1.77. The van der Waals surface area contributed by atoms with Gasteiger partial charge in [-0.1, -0.05) is 13.8 Å². The lowest BCUT2D eigenvalue weighted by Crippen LogP contribution is -2.32. The molecule has 1 atom stereocenters. The summed E-state index contributed by atoms with van der Waals surface area (Å²) in [6.07, 6.45) is 6.69. The minimum absolute atomic E-state index is 0.0136. The zero-order valence-electron chi connectivity index (χ0n) is 15.1. The highest BCUT2D eigenvalue weighted by Gasteiger charge is 2.18. The Morgan fingerprint density at radius 2 is 2.15 bits per heavy atom. The predicted molar refractivity (Wildman–Crippen MR) is 96.8 cm³/mol. The number of H-pyrrole nitrogens is 1. The van der Waals surface area contributed by atoms with Gasteiger partial charge in [0.05, 0.1) is 18.2 Å². The number of nitrogens with one attached hydrogen (secondary N) is 2. The zero-order chi connectivity index (χ0) is 18.7. The molecule has 0 saturated carbocycles. The molecule has 0 aliphatic rings. The average molecular weight is 354 g/mol. The van der Waals surface area contributed by atoms with Gasteiger partial charge in [-0.2, -0.15) is 0 Å². The maximum Gasteiger partial charge on any atom is 0.254 e. The first-order chi connectivity index (χ1) is 12.5. The summed E-state index contributed by atoms with van der Waals surface area (Å²) in [6, 6.07) is 1.58. The largest absolute Gasteiger partial charge is 0.347 e.